The van der Waals surface area contributed by atoms with Gasteiger partial charge in [-0.1, -0.05) is 0 Å². The maximum absolute atomic E-state index is 10.4. The molecular weight excluding hydrogens is 208 g/mol. The molecule has 0 aliphatic heterocycles. The highest BCUT2D eigenvalue weighted by Crippen LogP contribution is 2.22. The molecule has 0 amide bonds. The van der Waals surface area contributed by atoms with Crippen molar-refractivity contribution in [1.82, 2.24) is 0 Å². The molecule has 9 heteroatoms. The average molecular weight is 212 g/mol. The van der Waals surface area contributed by atoms with Crippen LogP contribution < -0.4 is 0 Å². The van der Waals surface area contributed by atoms with Crippen LogP contribution in [0, 0.1) is 20.2 Å². The van der Waals surface area contributed by atoms with Crippen molar-refractivity contribution in [2.24, 2.45) is 0 Å². The van der Waals surface area contributed by atoms with Crippen LogP contribution in [0.15, 0.2) is 23.2 Å². The van der Waals surface area contributed by atoms with Gasteiger partial charge >= 0.3 is 17.1 Å². The molecular formula is C6H4N4O5. The van der Waals surface area contributed by atoms with Crippen LogP contribution in [0.4, 0.5) is 0 Å². The molecule has 15 heavy (non-hydrogen) atoms. The predicted molar refractivity (Wildman–Crippen MR) is 45.0 cm³/mol. The summed E-state index contributed by atoms with van der Waals surface area (Å²) in [6.45, 7) is 0. The van der Waals surface area contributed by atoms with Crippen molar-refractivity contribution in [3.8, 4) is 0 Å². The Balaban J connectivity index is 3.40. The van der Waals surface area contributed by atoms with Crippen LogP contribution in [0.25, 0.3) is 5.53 Å². The molecule has 0 saturated heterocycles. The maximum Gasteiger partial charge on any atom is 0.394 e. The quantitative estimate of drug-likeness (QED) is 0.302. The van der Waals surface area contributed by atoms with E-state index in [1.54, 1.807) is 0 Å². The molecule has 78 valence electrons. The van der Waals surface area contributed by atoms with Gasteiger partial charge in [-0.05, 0) is 0 Å². The molecule has 0 unspecified atom stereocenters. The zero-order valence-electron chi connectivity index (χ0n) is 7.15. The van der Waals surface area contributed by atoms with Crippen molar-refractivity contribution in [2.45, 2.75) is 6.42 Å². The molecule has 0 fully saturated rings. The number of aliphatic hydroxyl groups excluding tert-OH is 1. The lowest BCUT2D eigenvalue weighted by Crippen LogP contribution is -2.21. The number of hydrogen-bond acceptors (Lipinski definition) is 5. The van der Waals surface area contributed by atoms with E-state index in [-0.39, 0.29) is 12.1 Å². The molecule has 0 heterocycles. The van der Waals surface area contributed by atoms with Gasteiger partial charge in [0.2, 0.25) is 0 Å². The highest BCUT2D eigenvalue weighted by atomic mass is 16.6. The topological polar surface area (TPSA) is 143 Å². The van der Waals surface area contributed by atoms with Crippen LogP contribution in [0.5, 0.6) is 0 Å². The summed E-state index contributed by atoms with van der Waals surface area (Å²) in [5, 5.41) is 30.1. The lowest BCUT2D eigenvalue weighted by molar-refractivity contribution is -0.481. The van der Waals surface area contributed by atoms with Crippen molar-refractivity contribution < 1.29 is 19.7 Å². The molecule has 1 aliphatic carbocycles. The molecule has 0 saturated carbocycles. The van der Waals surface area contributed by atoms with Crippen LogP contribution in [0.2, 0.25) is 0 Å². The van der Waals surface area contributed by atoms with Crippen molar-refractivity contribution in [3.05, 3.63) is 49.0 Å². The van der Waals surface area contributed by atoms with Gasteiger partial charge in [0.25, 0.3) is 5.76 Å². The summed E-state index contributed by atoms with van der Waals surface area (Å²) in [5.74, 6) is -0.989. The summed E-state index contributed by atoms with van der Waals surface area (Å²) in [7, 11) is 0. The molecule has 0 radical (unpaired) electrons. The van der Waals surface area contributed by atoms with Gasteiger partial charge in [-0.2, -0.15) is 4.79 Å². The molecule has 0 bridgehead atoms. The second-order valence-corrected chi connectivity index (χ2v) is 2.55. The molecule has 0 aromatic rings. The van der Waals surface area contributed by atoms with Crippen molar-refractivity contribution >= 4 is 5.71 Å². The lowest BCUT2D eigenvalue weighted by Gasteiger charge is -2.01. The van der Waals surface area contributed by atoms with Crippen LogP contribution in [0.1, 0.15) is 6.42 Å². The van der Waals surface area contributed by atoms with Gasteiger partial charge in [0.05, 0.1) is 16.3 Å². The lowest BCUT2D eigenvalue weighted by atomic mass is 10.1. The number of nitro groups is 2. The number of hydrogen-bond donors (Lipinski definition) is 1. The predicted octanol–water partition coefficient (Wildman–Crippen LogP) is 0.268. The Morgan fingerprint density at radius 2 is 2.00 bits per heavy atom. The zero-order chi connectivity index (χ0) is 11.6. The van der Waals surface area contributed by atoms with Crippen LogP contribution in [-0.2, 0) is 0 Å². The van der Waals surface area contributed by atoms with E-state index in [4.69, 9.17) is 5.53 Å². The molecule has 0 atom stereocenters. The molecule has 1 N–H and O–H groups in total. The third kappa shape index (κ3) is 1.71. The summed E-state index contributed by atoms with van der Waals surface area (Å²) >= 11 is 0. The van der Waals surface area contributed by atoms with Crippen LogP contribution in [-0.4, -0.2) is 25.5 Å². The van der Waals surface area contributed by atoms with Gasteiger partial charge in [-0.3, -0.25) is 20.2 Å². The fourth-order valence-corrected chi connectivity index (χ4v) is 1.07. The zero-order valence-corrected chi connectivity index (χ0v) is 7.15. The first-order valence-electron chi connectivity index (χ1n) is 3.63. The first kappa shape index (κ1) is 10.5. The Bertz CT molecular complexity index is 456. The fraction of sp³-hybridized carbons (Fsp3) is 0.167. The Morgan fingerprint density at radius 1 is 1.40 bits per heavy atom. The van der Waals surface area contributed by atoms with Gasteiger partial charge in [-0.25, -0.2) is 0 Å². The summed E-state index contributed by atoms with van der Waals surface area (Å²) < 4.78 is 0. The average Bonchev–Trinajstić information content (AvgIpc) is 2.16. The maximum atomic E-state index is 10.4. The summed E-state index contributed by atoms with van der Waals surface area (Å²) in [6, 6.07) is 0. The highest BCUT2D eigenvalue weighted by Gasteiger charge is 2.42. The van der Waals surface area contributed by atoms with Crippen molar-refractivity contribution in [1.29, 1.82) is 0 Å². The molecule has 1 rings (SSSR count). The van der Waals surface area contributed by atoms with E-state index in [9.17, 15) is 25.3 Å². The van der Waals surface area contributed by atoms with Gasteiger partial charge in [0, 0.05) is 6.08 Å². The molecule has 0 spiro atoms. The SMILES string of the molecule is [N-]=[N+]=C1CC=C([N+](=O)[O-])C([N+](=O)[O-])=C1O. The smallest absolute Gasteiger partial charge is 0.394 e. The van der Waals surface area contributed by atoms with Crippen LogP contribution >= 0.6 is 0 Å². The Kier molecular flexibility index (Phi) is 2.59. The summed E-state index contributed by atoms with van der Waals surface area (Å²) in [4.78, 5) is 21.3. The number of rotatable bonds is 2. The van der Waals surface area contributed by atoms with Crippen molar-refractivity contribution in [3.63, 3.8) is 0 Å². The van der Waals surface area contributed by atoms with E-state index in [0.717, 1.165) is 6.08 Å². The standard InChI is InChI=1S/C6H4N4O5/c7-8-3-1-2-4(9(12)13)5(6(3)11)10(14)15/h2,11H,1H2. The van der Waals surface area contributed by atoms with Crippen molar-refractivity contribution in [2.75, 3.05) is 0 Å². The Labute approximate surface area is 81.9 Å². The minimum atomic E-state index is -1.10. The Morgan fingerprint density at radius 3 is 2.40 bits per heavy atom. The summed E-state index contributed by atoms with van der Waals surface area (Å²) in [5.41, 5.74) is 6.09. The minimum absolute atomic E-state index is 0.240. The third-order valence-corrected chi connectivity index (χ3v) is 1.73. The number of nitrogens with zero attached hydrogens (tertiary/aromatic N) is 4. The molecule has 9 nitrogen and oxygen atoms in total. The first-order valence-corrected chi connectivity index (χ1v) is 3.63. The highest BCUT2D eigenvalue weighted by molar-refractivity contribution is 5.96. The fourth-order valence-electron chi connectivity index (χ4n) is 1.07. The van der Waals surface area contributed by atoms with Gasteiger partial charge in [-0.15, -0.1) is 0 Å². The third-order valence-electron chi connectivity index (χ3n) is 1.73. The summed E-state index contributed by atoms with van der Waals surface area (Å²) in [6.07, 6.45) is 0.656. The van der Waals surface area contributed by atoms with E-state index >= 15 is 0 Å². The molecule has 0 aromatic carbocycles. The minimum Gasteiger partial charge on any atom is -0.497 e. The van der Waals surface area contributed by atoms with E-state index in [1.165, 1.54) is 0 Å². The second-order valence-electron chi connectivity index (χ2n) is 2.55. The monoisotopic (exact) mass is 212 g/mol. The Hall–Kier alpha value is -2.54. The number of allylic oxidation sites excluding steroid dienone is 2. The normalized spacial score (nSPS) is 15.7. The number of aliphatic hydroxyl groups is 1. The molecule has 0 aromatic heterocycles. The van der Waals surface area contributed by atoms with Gasteiger partial charge < -0.3 is 10.6 Å². The van der Waals surface area contributed by atoms with E-state index < -0.39 is 27.0 Å². The first-order chi connectivity index (χ1) is 6.99. The van der Waals surface area contributed by atoms with Crippen LogP contribution in [0.3, 0.4) is 0 Å². The second kappa shape index (κ2) is 3.68. The van der Waals surface area contributed by atoms with Gasteiger partial charge in [0.1, 0.15) is 0 Å². The van der Waals surface area contributed by atoms with E-state index in [0.29, 0.717) is 0 Å². The van der Waals surface area contributed by atoms with E-state index in [2.05, 4.69) is 4.79 Å². The molecule has 1 aliphatic rings. The van der Waals surface area contributed by atoms with E-state index in [1.807, 2.05) is 0 Å². The van der Waals surface area contributed by atoms with Gasteiger partial charge in [0.15, 0.2) is 0 Å². The largest absolute Gasteiger partial charge is 0.497 e.